The second-order valence-electron chi connectivity index (χ2n) is 4.93. The van der Waals surface area contributed by atoms with Gasteiger partial charge in [0, 0.05) is 12.6 Å². The zero-order valence-electron chi connectivity index (χ0n) is 11.7. The second-order valence-corrected chi connectivity index (χ2v) is 7.16. The molecule has 0 bridgehead atoms. The maximum absolute atomic E-state index is 12.3. The predicted octanol–water partition coefficient (Wildman–Crippen LogP) is 1.60. The van der Waals surface area contributed by atoms with Crippen LogP contribution in [0.3, 0.4) is 0 Å². The van der Waals surface area contributed by atoms with Gasteiger partial charge in [-0.3, -0.25) is 0 Å². The number of sulfone groups is 1. The Morgan fingerprint density at radius 3 is 2.76 bits per heavy atom. The summed E-state index contributed by atoms with van der Waals surface area (Å²) in [6.45, 7) is 2.22. The van der Waals surface area contributed by atoms with Gasteiger partial charge in [-0.2, -0.15) is 5.26 Å². The van der Waals surface area contributed by atoms with Crippen molar-refractivity contribution < 1.29 is 13.2 Å². The van der Waals surface area contributed by atoms with Crippen LogP contribution in [-0.4, -0.2) is 43.4 Å². The van der Waals surface area contributed by atoms with Crippen LogP contribution in [0.15, 0.2) is 24.3 Å². The number of carbonyl (C=O) groups is 1. The largest absolute Gasteiger partial charge is 0.322 e. The number of nitrogens with one attached hydrogen (secondary N) is 1. The van der Waals surface area contributed by atoms with E-state index in [9.17, 15) is 13.2 Å². The van der Waals surface area contributed by atoms with Gasteiger partial charge in [0.15, 0.2) is 9.84 Å². The highest BCUT2D eigenvalue weighted by Gasteiger charge is 2.34. The molecule has 1 N–H and O–H groups in total. The number of hydrogen-bond donors (Lipinski definition) is 1. The molecule has 1 fully saturated rings. The number of rotatable bonds is 3. The molecule has 2 rings (SSSR count). The Bertz CT molecular complexity index is 679. The molecular formula is C14H17N3O3S. The molecule has 0 aliphatic carbocycles. The van der Waals surface area contributed by atoms with Crippen molar-refractivity contribution in [2.24, 2.45) is 0 Å². The molecule has 1 aromatic rings. The van der Waals surface area contributed by atoms with Crippen molar-refractivity contribution in [3.63, 3.8) is 0 Å². The summed E-state index contributed by atoms with van der Waals surface area (Å²) in [7, 11) is -3.04. The van der Waals surface area contributed by atoms with E-state index in [1.54, 1.807) is 31.2 Å². The standard InChI is InChI=1S/C14H17N3O3S/c1-2-17(12-7-8-21(19,20)10-12)14(18)16-13-6-4-3-5-11(13)9-15/h3-6,12H,2,7-8,10H2,1H3,(H,16,18). The summed E-state index contributed by atoms with van der Waals surface area (Å²) < 4.78 is 23.1. The number of anilines is 1. The van der Waals surface area contributed by atoms with Crippen LogP contribution in [0.2, 0.25) is 0 Å². The summed E-state index contributed by atoms with van der Waals surface area (Å²) in [6, 6.07) is 8.05. The minimum atomic E-state index is -3.04. The minimum absolute atomic E-state index is 0.00809. The number of nitrogens with zero attached hydrogens (tertiary/aromatic N) is 2. The number of benzene rings is 1. The van der Waals surface area contributed by atoms with Gasteiger partial charge in [0.05, 0.1) is 22.8 Å². The maximum Gasteiger partial charge on any atom is 0.322 e. The smallest absolute Gasteiger partial charge is 0.321 e. The first kappa shape index (κ1) is 15.3. The predicted molar refractivity (Wildman–Crippen MR) is 79.6 cm³/mol. The fourth-order valence-corrected chi connectivity index (χ4v) is 4.20. The van der Waals surface area contributed by atoms with E-state index in [0.717, 1.165) is 0 Å². The summed E-state index contributed by atoms with van der Waals surface area (Å²) in [6.07, 6.45) is 0.462. The molecule has 1 atom stereocenters. The van der Waals surface area contributed by atoms with E-state index in [1.807, 2.05) is 6.07 Å². The first-order valence-electron chi connectivity index (χ1n) is 6.74. The van der Waals surface area contributed by atoms with Gasteiger partial charge in [-0.25, -0.2) is 13.2 Å². The third kappa shape index (κ3) is 3.52. The van der Waals surface area contributed by atoms with Crippen LogP contribution in [0.5, 0.6) is 0 Å². The Labute approximate surface area is 124 Å². The Kier molecular flexibility index (Phi) is 4.48. The van der Waals surface area contributed by atoms with Gasteiger partial charge in [-0.1, -0.05) is 12.1 Å². The lowest BCUT2D eigenvalue weighted by Crippen LogP contribution is -2.43. The van der Waals surface area contributed by atoms with Crippen molar-refractivity contribution in [2.45, 2.75) is 19.4 Å². The molecule has 7 heteroatoms. The molecule has 0 aromatic heterocycles. The van der Waals surface area contributed by atoms with Crippen molar-refractivity contribution in [2.75, 3.05) is 23.4 Å². The molecular weight excluding hydrogens is 290 g/mol. The Morgan fingerprint density at radius 1 is 1.48 bits per heavy atom. The number of para-hydroxylation sites is 1. The van der Waals surface area contributed by atoms with Crippen LogP contribution in [0.4, 0.5) is 10.5 Å². The van der Waals surface area contributed by atoms with E-state index in [1.165, 1.54) is 4.90 Å². The fraction of sp³-hybridized carbons (Fsp3) is 0.429. The quantitative estimate of drug-likeness (QED) is 0.918. The van der Waals surface area contributed by atoms with Crippen molar-refractivity contribution in [1.29, 1.82) is 5.26 Å². The Morgan fingerprint density at radius 2 is 2.19 bits per heavy atom. The third-order valence-corrected chi connectivity index (χ3v) is 5.29. The van der Waals surface area contributed by atoms with Crippen molar-refractivity contribution >= 4 is 21.6 Å². The van der Waals surface area contributed by atoms with E-state index < -0.39 is 9.84 Å². The molecule has 2 amide bonds. The lowest BCUT2D eigenvalue weighted by Gasteiger charge is -2.27. The van der Waals surface area contributed by atoms with Crippen LogP contribution < -0.4 is 5.32 Å². The molecule has 112 valence electrons. The molecule has 1 heterocycles. The summed E-state index contributed by atoms with van der Waals surface area (Å²) in [4.78, 5) is 13.8. The van der Waals surface area contributed by atoms with Crippen LogP contribution in [0, 0.1) is 11.3 Å². The topological polar surface area (TPSA) is 90.3 Å². The summed E-state index contributed by atoms with van der Waals surface area (Å²) >= 11 is 0. The van der Waals surface area contributed by atoms with Crippen molar-refractivity contribution in [1.82, 2.24) is 4.90 Å². The number of nitriles is 1. The molecule has 1 aromatic carbocycles. The number of hydrogen-bond acceptors (Lipinski definition) is 4. The van der Waals surface area contributed by atoms with E-state index in [0.29, 0.717) is 24.2 Å². The number of carbonyl (C=O) groups excluding carboxylic acids is 1. The molecule has 0 radical (unpaired) electrons. The van der Waals surface area contributed by atoms with Gasteiger partial charge < -0.3 is 10.2 Å². The Hall–Kier alpha value is -2.07. The molecule has 0 spiro atoms. The maximum atomic E-state index is 12.3. The molecule has 1 saturated heterocycles. The van der Waals surface area contributed by atoms with Gasteiger partial charge in [0.2, 0.25) is 0 Å². The second kappa shape index (κ2) is 6.14. The summed E-state index contributed by atoms with van der Waals surface area (Å²) in [5.41, 5.74) is 0.810. The Balaban J connectivity index is 2.13. The van der Waals surface area contributed by atoms with Gasteiger partial charge >= 0.3 is 6.03 Å². The lowest BCUT2D eigenvalue weighted by molar-refractivity contribution is 0.197. The molecule has 6 nitrogen and oxygen atoms in total. The summed E-state index contributed by atoms with van der Waals surface area (Å²) in [5, 5.41) is 11.7. The minimum Gasteiger partial charge on any atom is -0.321 e. The zero-order chi connectivity index (χ0) is 15.5. The first-order valence-corrected chi connectivity index (χ1v) is 8.56. The van der Waals surface area contributed by atoms with Gasteiger partial charge in [0.25, 0.3) is 0 Å². The summed E-state index contributed by atoms with van der Waals surface area (Å²) in [5.74, 6) is 0.129. The van der Waals surface area contributed by atoms with Crippen LogP contribution >= 0.6 is 0 Å². The SMILES string of the molecule is CCN(C(=O)Nc1ccccc1C#N)C1CCS(=O)(=O)C1. The molecule has 1 aliphatic heterocycles. The highest BCUT2D eigenvalue weighted by molar-refractivity contribution is 7.91. The average Bonchev–Trinajstić information content (AvgIpc) is 2.80. The van der Waals surface area contributed by atoms with E-state index in [2.05, 4.69) is 5.32 Å². The third-order valence-electron chi connectivity index (χ3n) is 3.54. The van der Waals surface area contributed by atoms with E-state index in [4.69, 9.17) is 5.26 Å². The molecule has 0 saturated carbocycles. The van der Waals surface area contributed by atoms with E-state index >= 15 is 0 Å². The van der Waals surface area contributed by atoms with Crippen molar-refractivity contribution in [3.8, 4) is 6.07 Å². The van der Waals surface area contributed by atoms with Crippen molar-refractivity contribution in [3.05, 3.63) is 29.8 Å². The molecule has 1 unspecified atom stereocenters. The van der Waals surface area contributed by atoms with Crippen LogP contribution in [-0.2, 0) is 9.84 Å². The average molecular weight is 307 g/mol. The highest BCUT2D eigenvalue weighted by atomic mass is 32.2. The zero-order valence-corrected chi connectivity index (χ0v) is 12.6. The monoisotopic (exact) mass is 307 g/mol. The number of urea groups is 1. The fourth-order valence-electron chi connectivity index (χ4n) is 2.47. The molecule has 21 heavy (non-hydrogen) atoms. The highest BCUT2D eigenvalue weighted by Crippen LogP contribution is 2.20. The first-order chi connectivity index (χ1) is 9.96. The van der Waals surface area contributed by atoms with Crippen LogP contribution in [0.1, 0.15) is 18.9 Å². The normalized spacial score (nSPS) is 19.7. The van der Waals surface area contributed by atoms with Gasteiger partial charge in [-0.15, -0.1) is 0 Å². The van der Waals surface area contributed by atoms with Gasteiger partial charge in [0.1, 0.15) is 6.07 Å². The van der Waals surface area contributed by atoms with E-state index in [-0.39, 0.29) is 23.6 Å². The number of amides is 2. The van der Waals surface area contributed by atoms with Crippen LogP contribution in [0.25, 0.3) is 0 Å². The molecule has 1 aliphatic rings. The lowest BCUT2D eigenvalue weighted by atomic mass is 10.2. The van der Waals surface area contributed by atoms with Gasteiger partial charge in [-0.05, 0) is 25.5 Å².